The fourth-order valence-electron chi connectivity index (χ4n) is 3.54. The van der Waals surface area contributed by atoms with Crippen LogP contribution >= 0.6 is 0 Å². The molecule has 5 nitrogen and oxygen atoms in total. The number of hydrogen-bond donors (Lipinski definition) is 0. The molecule has 6 heteroatoms. The van der Waals surface area contributed by atoms with Crippen LogP contribution in [-0.4, -0.2) is 28.3 Å². The SMILES string of the molecule is CCC(=O)c1c(-c2ccc(F)cc2)nn2ccc(CC(=O)c3cccc(OC)c3)cc12. The average molecular weight is 416 g/mol. The van der Waals surface area contributed by atoms with Gasteiger partial charge in [0.2, 0.25) is 0 Å². The topological polar surface area (TPSA) is 60.7 Å². The molecule has 0 spiro atoms. The van der Waals surface area contributed by atoms with Gasteiger partial charge in [-0.05, 0) is 54.1 Å². The maximum Gasteiger partial charge on any atom is 0.167 e. The molecule has 0 aliphatic carbocycles. The lowest BCUT2D eigenvalue weighted by molar-refractivity contribution is 0.0984. The van der Waals surface area contributed by atoms with E-state index in [0.29, 0.717) is 40.1 Å². The van der Waals surface area contributed by atoms with Crippen LogP contribution in [-0.2, 0) is 6.42 Å². The molecule has 0 atom stereocenters. The highest BCUT2D eigenvalue weighted by molar-refractivity contribution is 6.07. The van der Waals surface area contributed by atoms with Gasteiger partial charge in [0.25, 0.3) is 0 Å². The number of fused-ring (bicyclic) bond motifs is 1. The van der Waals surface area contributed by atoms with Crippen LogP contribution in [0.5, 0.6) is 5.75 Å². The minimum Gasteiger partial charge on any atom is -0.497 e. The van der Waals surface area contributed by atoms with Crippen molar-refractivity contribution in [3.63, 3.8) is 0 Å². The fourth-order valence-corrected chi connectivity index (χ4v) is 3.54. The zero-order chi connectivity index (χ0) is 22.0. The van der Waals surface area contributed by atoms with Gasteiger partial charge in [-0.25, -0.2) is 8.91 Å². The smallest absolute Gasteiger partial charge is 0.167 e. The quantitative estimate of drug-likeness (QED) is 0.390. The lowest BCUT2D eigenvalue weighted by atomic mass is 9.99. The molecule has 2 aromatic carbocycles. The Morgan fingerprint density at radius 3 is 2.52 bits per heavy atom. The first-order chi connectivity index (χ1) is 15.0. The van der Waals surface area contributed by atoms with Gasteiger partial charge in [-0.1, -0.05) is 19.1 Å². The second-order valence-electron chi connectivity index (χ2n) is 7.20. The van der Waals surface area contributed by atoms with Crippen LogP contribution in [0, 0.1) is 5.82 Å². The van der Waals surface area contributed by atoms with E-state index in [2.05, 4.69) is 5.10 Å². The van der Waals surface area contributed by atoms with Crippen LogP contribution in [0.25, 0.3) is 16.8 Å². The molecule has 0 N–H and O–H groups in total. The molecule has 2 heterocycles. The van der Waals surface area contributed by atoms with Gasteiger partial charge in [-0.3, -0.25) is 9.59 Å². The normalized spacial score (nSPS) is 10.9. The third-order valence-corrected chi connectivity index (χ3v) is 5.17. The Morgan fingerprint density at radius 2 is 1.81 bits per heavy atom. The molecule has 31 heavy (non-hydrogen) atoms. The second-order valence-corrected chi connectivity index (χ2v) is 7.20. The van der Waals surface area contributed by atoms with Crippen molar-refractivity contribution in [3.05, 3.63) is 89.4 Å². The predicted octanol–water partition coefficient (Wildman–Crippen LogP) is 5.17. The molecule has 2 aromatic heterocycles. The standard InChI is InChI=1S/C25H21FN2O3/c1-3-22(29)24-21-13-16(14-23(30)18-5-4-6-20(15-18)31-2)11-12-28(21)27-25(24)17-7-9-19(26)10-8-17/h4-13,15H,3,14H2,1-2H3. The second kappa shape index (κ2) is 8.52. The van der Waals surface area contributed by atoms with Gasteiger partial charge >= 0.3 is 0 Å². The summed E-state index contributed by atoms with van der Waals surface area (Å²) in [7, 11) is 1.56. The number of Topliss-reactive ketones (excluding diaryl/α,β-unsaturated/α-hetero) is 2. The molecule has 0 aliphatic heterocycles. The number of rotatable bonds is 7. The van der Waals surface area contributed by atoms with E-state index >= 15 is 0 Å². The number of nitrogens with zero attached hydrogens (tertiary/aromatic N) is 2. The Balaban J connectivity index is 1.74. The summed E-state index contributed by atoms with van der Waals surface area (Å²) in [5, 5.41) is 4.55. The number of halogens is 1. The average Bonchev–Trinajstić information content (AvgIpc) is 3.17. The van der Waals surface area contributed by atoms with Gasteiger partial charge in [0.15, 0.2) is 11.6 Å². The molecule has 0 amide bonds. The van der Waals surface area contributed by atoms with E-state index < -0.39 is 0 Å². The number of ketones is 2. The molecule has 0 aliphatic rings. The Labute approximate surface area is 179 Å². The predicted molar refractivity (Wildman–Crippen MR) is 116 cm³/mol. The lowest BCUT2D eigenvalue weighted by Crippen LogP contribution is -2.05. The van der Waals surface area contributed by atoms with Gasteiger partial charge in [-0.2, -0.15) is 5.10 Å². The molecule has 0 fully saturated rings. The molecule has 0 saturated heterocycles. The largest absolute Gasteiger partial charge is 0.497 e. The van der Waals surface area contributed by atoms with E-state index in [1.807, 2.05) is 12.1 Å². The van der Waals surface area contributed by atoms with Crippen molar-refractivity contribution in [1.82, 2.24) is 9.61 Å². The van der Waals surface area contributed by atoms with Crippen molar-refractivity contribution in [2.24, 2.45) is 0 Å². The van der Waals surface area contributed by atoms with E-state index in [1.54, 1.807) is 61.1 Å². The number of ether oxygens (including phenoxy) is 1. The third-order valence-electron chi connectivity index (χ3n) is 5.17. The number of methoxy groups -OCH3 is 1. The molecular formula is C25H21FN2O3. The Hall–Kier alpha value is -3.80. The van der Waals surface area contributed by atoms with Crippen LogP contribution in [0.4, 0.5) is 4.39 Å². The molecule has 0 radical (unpaired) electrons. The van der Waals surface area contributed by atoms with E-state index in [9.17, 15) is 14.0 Å². The molecule has 0 bridgehead atoms. The first kappa shape index (κ1) is 20.5. The summed E-state index contributed by atoms with van der Waals surface area (Å²) < 4.78 is 20.2. The highest BCUT2D eigenvalue weighted by Crippen LogP contribution is 2.28. The number of carbonyl (C=O) groups excluding carboxylic acids is 2. The molecule has 0 saturated carbocycles. The van der Waals surface area contributed by atoms with Gasteiger partial charge in [-0.15, -0.1) is 0 Å². The first-order valence-corrected chi connectivity index (χ1v) is 9.97. The minimum absolute atomic E-state index is 0.0510. The monoisotopic (exact) mass is 416 g/mol. The molecule has 4 aromatic rings. The zero-order valence-corrected chi connectivity index (χ0v) is 17.3. The van der Waals surface area contributed by atoms with E-state index in [1.165, 1.54) is 12.1 Å². The van der Waals surface area contributed by atoms with Crippen molar-refractivity contribution in [2.75, 3.05) is 7.11 Å². The van der Waals surface area contributed by atoms with Crippen LogP contribution in [0.3, 0.4) is 0 Å². The molecule has 156 valence electrons. The Bertz CT molecular complexity index is 1280. The highest BCUT2D eigenvalue weighted by Gasteiger charge is 2.20. The first-order valence-electron chi connectivity index (χ1n) is 9.97. The summed E-state index contributed by atoms with van der Waals surface area (Å²) in [5.41, 5.74) is 3.60. The van der Waals surface area contributed by atoms with Crippen LogP contribution in [0.1, 0.15) is 39.6 Å². The van der Waals surface area contributed by atoms with Gasteiger partial charge in [0, 0.05) is 30.2 Å². The van der Waals surface area contributed by atoms with Crippen LogP contribution < -0.4 is 4.74 Å². The summed E-state index contributed by atoms with van der Waals surface area (Å²) in [6, 6.07) is 16.6. The van der Waals surface area contributed by atoms with Gasteiger partial charge in [0.05, 0.1) is 18.2 Å². The van der Waals surface area contributed by atoms with Crippen molar-refractivity contribution in [1.29, 1.82) is 0 Å². The minimum atomic E-state index is -0.353. The van der Waals surface area contributed by atoms with Gasteiger partial charge < -0.3 is 4.74 Å². The van der Waals surface area contributed by atoms with Crippen molar-refractivity contribution >= 4 is 17.1 Å². The van der Waals surface area contributed by atoms with Crippen molar-refractivity contribution < 1.29 is 18.7 Å². The summed E-state index contributed by atoms with van der Waals surface area (Å²) in [6.07, 6.45) is 2.23. The number of carbonyl (C=O) groups is 2. The summed E-state index contributed by atoms with van der Waals surface area (Å²) in [4.78, 5) is 25.5. The Morgan fingerprint density at radius 1 is 1.03 bits per heavy atom. The highest BCUT2D eigenvalue weighted by atomic mass is 19.1. The fraction of sp³-hybridized carbons (Fsp3) is 0.160. The maximum atomic E-state index is 13.4. The molecule has 4 rings (SSSR count). The van der Waals surface area contributed by atoms with Crippen LogP contribution in [0.15, 0.2) is 66.9 Å². The van der Waals surface area contributed by atoms with Crippen molar-refractivity contribution in [3.8, 4) is 17.0 Å². The van der Waals surface area contributed by atoms with Crippen molar-refractivity contribution in [2.45, 2.75) is 19.8 Å². The van der Waals surface area contributed by atoms with Gasteiger partial charge in [0.1, 0.15) is 17.3 Å². The number of aromatic nitrogens is 2. The van der Waals surface area contributed by atoms with Crippen LogP contribution in [0.2, 0.25) is 0 Å². The summed E-state index contributed by atoms with van der Waals surface area (Å²) in [5.74, 6) is 0.154. The summed E-state index contributed by atoms with van der Waals surface area (Å²) >= 11 is 0. The molecular weight excluding hydrogens is 395 g/mol. The maximum absolute atomic E-state index is 13.4. The zero-order valence-electron chi connectivity index (χ0n) is 17.3. The van der Waals surface area contributed by atoms with E-state index in [-0.39, 0.29) is 23.8 Å². The van der Waals surface area contributed by atoms with E-state index in [4.69, 9.17) is 4.74 Å². The third kappa shape index (κ3) is 4.10. The lowest BCUT2D eigenvalue weighted by Gasteiger charge is -2.05. The number of hydrogen-bond acceptors (Lipinski definition) is 4. The van der Waals surface area contributed by atoms with E-state index in [0.717, 1.165) is 5.56 Å². The number of pyridine rings is 1. The Kier molecular flexibility index (Phi) is 5.62. The number of benzene rings is 2. The summed E-state index contributed by atoms with van der Waals surface area (Å²) in [6.45, 7) is 1.79. The molecule has 0 unspecified atom stereocenters.